The molecule has 2 aromatic heterocycles. The molecule has 2 atom stereocenters. The number of hydrogen-bond acceptors (Lipinski definition) is 5. The number of fused-ring (bicyclic) bond motifs is 1. The molecule has 1 aliphatic carbocycles. The number of halogens is 1. The lowest BCUT2D eigenvalue weighted by molar-refractivity contribution is -0.122. The Hall–Kier alpha value is -2.61. The number of aromatic nitrogens is 3. The number of aryl methyl sites for hydroxylation is 1. The predicted octanol–water partition coefficient (Wildman–Crippen LogP) is 3.14. The maximum Gasteiger partial charge on any atom is 0.404 e. The Morgan fingerprint density at radius 3 is 2.93 bits per heavy atom. The zero-order valence-electron chi connectivity index (χ0n) is 15.4. The van der Waals surface area contributed by atoms with Gasteiger partial charge in [0.05, 0.1) is 11.2 Å². The Labute approximate surface area is 167 Å². The van der Waals surface area contributed by atoms with Gasteiger partial charge >= 0.3 is 6.09 Å². The molecular formula is C19H22ClN5O3. The lowest BCUT2D eigenvalue weighted by Gasteiger charge is -2.27. The van der Waals surface area contributed by atoms with Crippen LogP contribution in [-0.4, -0.2) is 32.9 Å². The largest absolute Gasteiger partial charge is 0.446 e. The number of hydrogen-bond donors (Lipinski definition) is 2. The fourth-order valence-electron chi connectivity index (χ4n) is 4.08. The van der Waals surface area contributed by atoms with Crippen molar-refractivity contribution in [3.8, 4) is 11.1 Å². The molecular weight excluding hydrogens is 382 g/mol. The molecule has 0 radical (unpaired) electrons. The second-order valence-electron chi connectivity index (χ2n) is 7.29. The lowest BCUT2D eigenvalue weighted by atomic mass is 9.86. The molecule has 1 saturated carbocycles. The minimum atomic E-state index is -0.802. The zero-order chi connectivity index (χ0) is 19.7. The SMILES string of the molecule is NC(=O)O[C@@H]1CCC[C@H](C(=O)Nc2cc(-c3cnn4c3CCC4)c(Cl)cn2)C1. The minimum Gasteiger partial charge on any atom is -0.446 e. The molecule has 28 heavy (non-hydrogen) atoms. The first kappa shape index (κ1) is 18.7. The van der Waals surface area contributed by atoms with Gasteiger partial charge in [0.2, 0.25) is 5.91 Å². The van der Waals surface area contributed by atoms with E-state index in [0.717, 1.165) is 55.5 Å². The second kappa shape index (κ2) is 7.79. The van der Waals surface area contributed by atoms with Crippen molar-refractivity contribution in [2.45, 2.75) is 51.2 Å². The summed E-state index contributed by atoms with van der Waals surface area (Å²) in [6.07, 6.45) is 7.00. The topological polar surface area (TPSA) is 112 Å². The molecule has 2 aliphatic rings. The van der Waals surface area contributed by atoms with E-state index in [-0.39, 0.29) is 17.9 Å². The van der Waals surface area contributed by atoms with Crippen LogP contribution in [0.3, 0.4) is 0 Å². The first-order valence-electron chi connectivity index (χ1n) is 9.49. The van der Waals surface area contributed by atoms with Crippen LogP contribution in [0.1, 0.15) is 37.8 Å². The Morgan fingerprint density at radius 2 is 2.11 bits per heavy atom. The van der Waals surface area contributed by atoms with Gasteiger partial charge in [-0.2, -0.15) is 5.10 Å². The van der Waals surface area contributed by atoms with Crippen molar-refractivity contribution in [3.63, 3.8) is 0 Å². The van der Waals surface area contributed by atoms with Crippen molar-refractivity contribution in [2.24, 2.45) is 11.7 Å². The Morgan fingerprint density at radius 1 is 1.25 bits per heavy atom. The van der Waals surface area contributed by atoms with Gasteiger partial charge in [0, 0.05) is 35.5 Å². The molecule has 148 valence electrons. The number of anilines is 1. The monoisotopic (exact) mass is 403 g/mol. The van der Waals surface area contributed by atoms with Crippen LogP contribution < -0.4 is 11.1 Å². The van der Waals surface area contributed by atoms with E-state index in [4.69, 9.17) is 22.1 Å². The predicted molar refractivity (Wildman–Crippen MR) is 104 cm³/mol. The third-order valence-corrected chi connectivity index (χ3v) is 5.71. The van der Waals surface area contributed by atoms with Crippen LogP contribution in [0, 0.1) is 5.92 Å². The third-order valence-electron chi connectivity index (χ3n) is 5.41. The highest BCUT2D eigenvalue weighted by Crippen LogP contribution is 2.34. The highest BCUT2D eigenvalue weighted by molar-refractivity contribution is 6.33. The molecule has 0 saturated heterocycles. The van der Waals surface area contributed by atoms with Crippen LogP contribution in [0.5, 0.6) is 0 Å². The van der Waals surface area contributed by atoms with E-state index in [1.807, 2.05) is 10.9 Å². The van der Waals surface area contributed by atoms with Gasteiger partial charge in [0.15, 0.2) is 0 Å². The number of carbonyl (C=O) groups excluding carboxylic acids is 2. The molecule has 1 aliphatic heterocycles. The Balaban J connectivity index is 1.49. The first-order valence-corrected chi connectivity index (χ1v) is 9.86. The molecule has 3 heterocycles. The van der Waals surface area contributed by atoms with Crippen molar-refractivity contribution in [3.05, 3.63) is 29.2 Å². The highest BCUT2D eigenvalue weighted by atomic mass is 35.5. The number of pyridine rings is 1. The average molecular weight is 404 g/mol. The molecule has 0 bridgehead atoms. The Bertz CT molecular complexity index is 913. The molecule has 0 unspecified atom stereocenters. The smallest absolute Gasteiger partial charge is 0.404 e. The van der Waals surface area contributed by atoms with Gasteiger partial charge in [-0.1, -0.05) is 11.6 Å². The van der Waals surface area contributed by atoms with Gasteiger partial charge in [0.25, 0.3) is 0 Å². The maximum absolute atomic E-state index is 12.7. The van der Waals surface area contributed by atoms with E-state index in [2.05, 4.69) is 15.4 Å². The number of ether oxygens (including phenoxy) is 1. The number of nitrogens with two attached hydrogens (primary N) is 1. The molecule has 1 fully saturated rings. The van der Waals surface area contributed by atoms with Crippen LogP contribution >= 0.6 is 11.6 Å². The van der Waals surface area contributed by atoms with Gasteiger partial charge in [-0.15, -0.1) is 0 Å². The fraction of sp³-hybridized carbons (Fsp3) is 0.474. The molecule has 8 nitrogen and oxygen atoms in total. The Kier molecular flexibility index (Phi) is 5.21. The number of nitrogens with zero attached hydrogens (tertiary/aromatic N) is 3. The summed E-state index contributed by atoms with van der Waals surface area (Å²) in [5.74, 6) is 0.0542. The second-order valence-corrected chi connectivity index (χ2v) is 7.70. The summed E-state index contributed by atoms with van der Waals surface area (Å²) < 4.78 is 7.06. The maximum atomic E-state index is 12.7. The van der Waals surface area contributed by atoms with Crippen molar-refractivity contribution >= 4 is 29.4 Å². The lowest BCUT2D eigenvalue weighted by Crippen LogP contribution is -2.33. The molecule has 0 aromatic carbocycles. The van der Waals surface area contributed by atoms with E-state index in [0.29, 0.717) is 17.3 Å². The molecule has 0 spiro atoms. The number of nitrogens with one attached hydrogen (secondary N) is 1. The number of rotatable bonds is 4. The number of amides is 2. The first-order chi connectivity index (χ1) is 13.5. The average Bonchev–Trinajstić information content (AvgIpc) is 3.27. The summed E-state index contributed by atoms with van der Waals surface area (Å²) in [5.41, 5.74) is 8.04. The van der Waals surface area contributed by atoms with Crippen LogP contribution in [0.15, 0.2) is 18.5 Å². The van der Waals surface area contributed by atoms with Gasteiger partial charge < -0.3 is 15.8 Å². The van der Waals surface area contributed by atoms with Gasteiger partial charge in [0.1, 0.15) is 11.9 Å². The van der Waals surface area contributed by atoms with E-state index in [1.165, 1.54) is 0 Å². The van der Waals surface area contributed by atoms with E-state index in [9.17, 15) is 9.59 Å². The van der Waals surface area contributed by atoms with Gasteiger partial charge in [-0.25, -0.2) is 9.78 Å². The molecule has 2 amide bonds. The normalized spacial score (nSPS) is 21.2. The van der Waals surface area contributed by atoms with Crippen LogP contribution in [0.4, 0.5) is 10.6 Å². The van der Waals surface area contributed by atoms with Crippen molar-refractivity contribution < 1.29 is 14.3 Å². The summed E-state index contributed by atoms with van der Waals surface area (Å²) in [4.78, 5) is 27.9. The minimum absolute atomic E-state index is 0.140. The van der Waals surface area contributed by atoms with Crippen molar-refractivity contribution in [2.75, 3.05) is 5.32 Å². The van der Waals surface area contributed by atoms with Crippen molar-refractivity contribution in [1.29, 1.82) is 0 Å². The standard InChI is InChI=1S/C19H22ClN5O3/c20-15-10-22-17(8-13(15)14-9-23-25-6-2-5-16(14)25)24-18(26)11-3-1-4-12(7-11)28-19(21)27/h8-12H,1-7H2,(H2,21,27)(H,22,24,26)/t11-,12+/m0/s1. The highest BCUT2D eigenvalue weighted by Gasteiger charge is 2.29. The third kappa shape index (κ3) is 3.82. The zero-order valence-corrected chi connectivity index (χ0v) is 16.1. The summed E-state index contributed by atoms with van der Waals surface area (Å²) >= 11 is 6.37. The van der Waals surface area contributed by atoms with E-state index >= 15 is 0 Å². The molecule has 4 rings (SSSR count). The number of carbonyl (C=O) groups is 2. The summed E-state index contributed by atoms with van der Waals surface area (Å²) in [7, 11) is 0. The van der Waals surface area contributed by atoms with Gasteiger partial charge in [-0.3, -0.25) is 9.48 Å². The van der Waals surface area contributed by atoms with Gasteiger partial charge in [-0.05, 0) is 44.6 Å². The number of primary amides is 1. The summed E-state index contributed by atoms with van der Waals surface area (Å²) in [6.45, 7) is 0.915. The fourth-order valence-corrected chi connectivity index (χ4v) is 4.29. The van der Waals surface area contributed by atoms with E-state index in [1.54, 1.807) is 12.3 Å². The van der Waals surface area contributed by atoms with Crippen LogP contribution in [-0.2, 0) is 22.5 Å². The van der Waals surface area contributed by atoms with Crippen LogP contribution in [0.25, 0.3) is 11.1 Å². The summed E-state index contributed by atoms with van der Waals surface area (Å²) in [6, 6.07) is 1.79. The van der Waals surface area contributed by atoms with E-state index < -0.39 is 6.09 Å². The summed E-state index contributed by atoms with van der Waals surface area (Å²) in [5, 5.41) is 7.81. The van der Waals surface area contributed by atoms with Crippen molar-refractivity contribution in [1.82, 2.24) is 14.8 Å². The molecule has 9 heteroatoms. The quantitative estimate of drug-likeness (QED) is 0.814. The molecule has 3 N–H and O–H groups in total. The molecule has 2 aromatic rings. The van der Waals surface area contributed by atoms with Crippen LogP contribution in [0.2, 0.25) is 5.02 Å².